The van der Waals surface area contributed by atoms with Gasteiger partial charge in [-0.2, -0.15) is 0 Å². The fourth-order valence-corrected chi connectivity index (χ4v) is 2.16. The van der Waals surface area contributed by atoms with Crippen LogP contribution in [0, 0.1) is 0 Å². The second-order valence-electron chi connectivity index (χ2n) is 4.28. The zero-order valence-electron chi connectivity index (χ0n) is 10.4. The number of hydrogen-bond acceptors (Lipinski definition) is 2. The van der Waals surface area contributed by atoms with Crippen molar-refractivity contribution in [2.75, 3.05) is 0 Å². The van der Waals surface area contributed by atoms with E-state index in [-0.39, 0.29) is 0 Å². The van der Waals surface area contributed by atoms with Gasteiger partial charge in [0.05, 0.1) is 6.10 Å². The fraction of sp³-hybridized carbons (Fsp3) is 0.200. The molecule has 0 saturated carbocycles. The van der Waals surface area contributed by atoms with Crippen LogP contribution in [0.15, 0.2) is 42.5 Å². The van der Waals surface area contributed by atoms with Crippen molar-refractivity contribution in [3.05, 3.63) is 63.6 Å². The number of ether oxygens (including phenoxy) is 1. The summed E-state index contributed by atoms with van der Waals surface area (Å²) in [4.78, 5) is 0. The average molecular weight is 297 g/mol. The number of benzene rings is 2. The maximum absolute atomic E-state index is 9.71. The molecule has 0 aliphatic heterocycles. The van der Waals surface area contributed by atoms with Gasteiger partial charge in [-0.1, -0.05) is 35.3 Å². The number of halogens is 2. The summed E-state index contributed by atoms with van der Waals surface area (Å²) in [5, 5.41) is 11.0. The standard InChI is InChI=1S/C15H14Cl2O2/c1-10(18)14-8-13(17)5-6-15(14)19-9-11-3-2-4-12(16)7-11/h2-8,10,18H,9H2,1H3/t10-/m1/s1. The summed E-state index contributed by atoms with van der Waals surface area (Å²) in [5.74, 6) is 0.624. The molecule has 0 saturated heterocycles. The topological polar surface area (TPSA) is 29.5 Å². The summed E-state index contributed by atoms with van der Waals surface area (Å²) < 4.78 is 5.72. The van der Waals surface area contributed by atoms with Crippen LogP contribution in [0.25, 0.3) is 0 Å². The van der Waals surface area contributed by atoms with E-state index < -0.39 is 6.10 Å². The highest BCUT2D eigenvalue weighted by molar-refractivity contribution is 6.30. The van der Waals surface area contributed by atoms with Crippen LogP contribution in [0.3, 0.4) is 0 Å². The molecule has 2 aromatic carbocycles. The first kappa shape index (κ1) is 14.2. The lowest BCUT2D eigenvalue weighted by molar-refractivity contribution is 0.190. The Hall–Kier alpha value is -1.22. The van der Waals surface area contributed by atoms with Crippen molar-refractivity contribution < 1.29 is 9.84 Å². The zero-order chi connectivity index (χ0) is 13.8. The lowest BCUT2D eigenvalue weighted by atomic mass is 10.1. The Morgan fingerprint density at radius 1 is 1.11 bits per heavy atom. The fourth-order valence-electron chi connectivity index (χ4n) is 1.77. The second-order valence-corrected chi connectivity index (χ2v) is 5.15. The Morgan fingerprint density at radius 2 is 1.84 bits per heavy atom. The lowest BCUT2D eigenvalue weighted by Gasteiger charge is -2.14. The Kier molecular flexibility index (Phi) is 4.70. The first-order chi connectivity index (χ1) is 9.06. The van der Waals surface area contributed by atoms with Gasteiger partial charge in [-0.3, -0.25) is 0 Å². The highest BCUT2D eigenvalue weighted by Gasteiger charge is 2.10. The van der Waals surface area contributed by atoms with E-state index in [9.17, 15) is 5.11 Å². The van der Waals surface area contributed by atoms with Gasteiger partial charge < -0.3 is 9.84 Å². The van der Waals surface area contributed by atoms with E-state index in [4.69, 9.17) is 27.9 Å². The van der Waals surface area contributed by atoms with Gasteiger partial charge in [-0.15, -0.1) is 0 Å². The summed E-state index contributed by atoms with van der Waals surface area (Å²) in [6.07, 6.45) is -0.631. The number of aliphatic hydroxyl groups is 1. The molecule has 100 valence electrons. The van der Waals surface area contributed by atoms with Gasteiger partial charge in [0.2, 0.25) is 0 Å². The molecule has 4 heteroatoms. The first-order valence-electron chi connectivity index (χ1n) is 5.91. The largest absolute Gasteiger partial charge is 0.489 e. The molecule has 0 aliphatic rings. The normalized spacial score (nSPS) is 12.2. The molecule has 0 heterocycles. The Balaban J connectivity index is 2.15. The van der Waals surface area contributed by atoms with Gasteiger partial charge in [0.15, 0.2) is 0 Å². The molecule has 19 heavy (non-hydrogen) atoms. The van der Waals surface area contributed by atoms with Gasteiger partial charge in [-0.05, 0) is 42.8 Å². The maximum Gasteiger partial charge on any atom is 0.125 e. The van der Waals surface area contributed by atoms with E-state index >= 15 is 0 Å². The molecule has 0 amide bonds. The van der Waals surface area contributed by atoms with Gasteiger partial charge >= 0.3 is 0 Å². The van der Waals surface area contributed by atoms with Crippen molar-refractivity contribution in [3.63, 3.8) is 0 Å². The highest BCUT2D eigenvalue weighted by Crippen LogP contribution is 2.29. The van der Waals surface area contributed by atoms with Gasteiger partial charge in [0.25, 0.3) is 0 Å². The third-order valence-corrected chi connectivity index (χ3v) is 3.18. The van der Waals surface area contributed by atoms with E-state index in [1.165, 1.54) is 0 Å². The smallest absolute Gasteiger partial charge is 0.125 e. The third-order valence-electron chi connectivity index (χ3n) is 2.71. The van der Waals surface area contributed by atoms with E-state index in [0.29, 0.717) is 28.0 Å². The molecule has 0 aromatic heterocycles. The molecule has 2 nitrogen and oxygen atoms in total. The monoisotopic (exact) mass is 296 g/mol. The Bertz CT molecular complexity index is 568. The lowest BCUT2D eigenvalue weighted by Crippen LogP contribution is -2.01. The molecule has 2 aromatic rings. The predicted molar refractivity (Wildman–Crippen MR) is 77.9 cm³/mol. The molecule has 0 spiro atoms. The highest BCUT2D eigenvalue weighted by atomic mass is 35.5. The van der Waals surface area contributed by atoms with E-state index in [2.05, 4.69) is 0 Å². The summed E-state index contributed by atoms with van der Waals surface area (Å²) in [7, 11) is 0. The molecule has 0 unspecified atom stereocenters. The van der Waals surface area contributed by atoms with Gasteiger partial charge in [0, 0.05) is 15.6 Å². The second kappa shape index (κ2) is 6.29. The summed E-state index contributed by atoms with van der Waals surface area (Å²) in [6.45, 7) is 2.07. The van der Waals surface area contributed by atoms with Crippen molar-refractivity contribution in [1.82, 2.24) is 0 Å². The molecule has 1 N–H and O–H groups in total. The minimum absolute atomic E-state index is 0.391. The minimum Gasteiger partial charge on any atom is -0.489 e. The molecule has 0 fully saturated rings. The third kappa shape index (κ3) is 3.87. The van der Waals surface area contributed by atoms with Crippen LogP contribution in [-0.4, -0.2) is 5.11 Å². The minimum atomic E-state index is -0.631. The summed E-state index contributed by atoms with van der Waals surface area (Å²) >= 11 is 11.8. The zero-order valence-corrected chi connectivity index (χ0v) is 11.9. The Morgan fingerprint density at radius 3 is 2.53 bits per heavy atom. The van der Waals surface area contributed by atoms with Crippen molar-refractivity contribution in [2.45, 2.75) is 19.6 Å². The summed E-state index contributed by atoms with van der Waals surface area (Å²) in [5.41, 5.74) is 1.65. The molecular formula is C15H14Cl2O2. The van der Waals surface area contributed by atoms with Crippen molar-refractivity contribution in [2.24, 2.45) is 0 Å². The van der Waals surface area contributed by atoms with Crippen molar-refractivity contribution in [3.8, 4) is 5.75 Å². The van der Waals surface area contributed by atoms with Gasteiger partial charge in [0.1, 0.15) is 12.4 Å². The van der Waals surface area contributed by atoms with Crippen LogP contribution in [0.4, 0.5) is 0 Å². The predicted octanol–water partition coefficient (Wildman–Crippen LogP) is 4.63. The van der Waals surface area contributed by atoms with E-state index in [1.54, 1.807) is 25.1 Å². The molecule has 0 bridgehead atoms. The average Bonchev–Trinajstić information content (AvgIpc) is 2.37. The van der Waals surface area contributed by atoms with E-state index in [1.807, 2.05) is 24.3 Å². The van der Waals surface area contributed by atoms with Crippen LogP contribution in [0.2, 0.25) is 10.0 Å². The number of aliphatic hydroxyl groups excluding tert-OH is 1. The molecule has 1 atom stereocenters. The van der Waals surface area contributed by atoms with Gasteiger partial charge in [-0.25, -0.2) is 0 Å². The van der Waals surface area contributed by atoms with Crippen LogP contribution in [-0.2, 0) is 6.61 Å². The van der Waals surface area contributed by atoms with E-state index in [0.717, 1.165) is 5.56 Å². The molecule has 2 rings (SSSR count). The van der Waals surface area contributed by atoms with Crippen LogP contribution >= 0.6 is 23.2 Å². The maximum atomic E-state index is 9.71. The molecule has 0 aliphatic carbocycles. The van der Waals surface area contributed by atoms with Crippen LogP contribution < -0.4 is 4.74 Å². The Labute approximate surface area is 122 Å². The first-order valence-corrected chi connectivity index (χ1v) is 6.66. The molecule has 0 radical (unpaired) electrons. The number of rotatable bonds is 4. The number of hydrogen-bond donors (Lipinski definition) is 1. The van der Waals surface area contributed by atoms with Crippen molar-refractivity contribution in [1.29, 1.82) is 0 Å². The quantitative estimate of drug-likeness (QED) is 0.891. The summed E-state index contributed by atoms with van der Waals surface area (Å²) in [6, 6.07) is 12.7. The molecular weight excluding hydrogens is 283 g/mol. The van der Waals surface area contributed by atoms with Crippen LogP contribution in [0.5, 0.6) is 5.75 Å². The van der Waals surface area contributed by atoms with Crippen LogP contribution in [0.1, 0.15) is 24.2 Å². The SMILES string of the molecule is C[C@@H](O)c1cc(Cl)ccc1OCc1cccc(Cl)c1. The van der Waals surface area contributed by atoms with Crippen molar-refractivity contribution >= 4 is 23.2 Å².